The van der Waals surface area contributed by atoms with Gasteiger partial charge in [0.2, 0.25) is 0 Å². The van der Waals surface area contributed by atoms with Gasteiger partial charge in [-0.15, -0.1) is 0 Å². The van der Waals surface area contributed by atoms with E-state index in [0.29, 0.717) is 12.1 Å². The summed E-state index contributed by atoms with van der Waals surface area (Å²) in [5, 5.41) is 0. The van der Waals surface area contributed by atoms with Crippen molar-refractivity contribution in [3.05, 3.63) is 29.8 Å². The topological polar surface area (TPSA) is 38.8 Å². The van der Waals surface area contributed by atoms with Crippen LogP contribution in [0.15, 0.2) is 24.3 Å². The molecular formula is C18H28BNO3. The summed E-state index contributed by atoms with van der Waals surface area (Å²) >= 11 is 0. The first-order valence-electron chi connectivity index (χ1n) is 8.46. The van der Waals surface area contributed by atoms with Crippen LogP contribution in [0.3, 0.4) is 0 Å². The summed E-state index contributed by atoms with van der Waals surface area (Å²) in [5.74, 6) is 0.0627. The first-order valence-corrected chi connectivity index (χ1v) is 8.46. The Morgan fingerprint density at radius 3 is 2.26 bits per heavy atom. The minimum Gasteiger partial charge on any atom is -0.399 e. The number of amides is 1. The summed E-state index contributed by atoms with van der Waals surface area (Å²) in [6.45, 7) is 13.7. The lowest BCUT2D eigenvalue weighted by molar-refractivity contribution is 0.00578. The second-order valence-corrected chi connectivity index (χ2v) is 7.10. The molecule has 5 heteroatoms. The number of rotatable bonds is 5. The predicted octanol–water partition coefficient (Wildman–Crippen LogP) is 2.86. The molecule has 0 N–H and O–H groups in total. The number of hydrogen-bond acceptors (Lipinski definition) is 3. The molecule has 2 rings (SSSR count). The number of hydrogen-bond donors (Lipinski definition) is 0. The lowest BCUT2D eigenvalue weighted by Crippen LogP contribution is -2.41. The van der Waals surface area contributed by atoms with E-state index in [0.717, 1.165) is 18.4 Å². The molecule has 1 heterocycles. The van der Waals surface area contributed by atoms with Gasteiger partial charge in [-0.05, 0) is 58.6 Å². The number of benzene rings is 1. The van der Waals surface area contributed by atoms with Crippen LogP contribution in [0.4, 0.5) is 0 Å². The number of carbonyl (C=O) groups excluding carboxylic acids is 1. The lowest BCUT2D eigenvalue weighted by Gasteiger charge is -2.32. The summed E-state index contributed by atoms with van der Waals surface area (Å²) in [7, 11) is -0.436. The average molecular weight is 317 g/mol. The normalized spacial score (nSPS) is 19.0. The fourth-order valence-corrected chi connectivity index (χ4v) is 2.65. The molecule has 1 aromatic rings. The molecule has 1 amide bonds. The molecule has 0 aliphatic carbocycles. The highest BCUT2D eigenvalue weighted by molar-refractivity contribution is 6.62. The van der Waals surface area contributed by atoms with Crippen molar-refractivity contribution in [2.75, 3.05) is 13.1 Å². The zero-order valence-electron chi connectivity index (χ0n) is 15.2. The van der Waals surface area contributed by atoms with E-state index < -0.39 is 7.12 Å². The Bertz CT molecular complexity index is 555. The Kier molecular flexibility index (Phi) is 5.22. The van der Waals surface area contributed by atoms with Gasteiger partial charge in [-0.2, -0.15) is 0 Å². The summed E-state index contributed by atoms with van der Waals surface area (Å²) in [6, 6.07) is 7.60. The third kappa shape index (κ3) is 3.61. The van der Waals surface area contributed by atoms with Gasteiger partial charge in [0.15, 0.2) is 0 Å². The molecule has 1 aliphatic heterocycles. The van der Waals surface area contributed by atoms with Crippen molar-refractivity contribution < 1.29 is 14.1 Å². The van der Waals surface area contributed by atoms with Gasteiger partial charge >= 0.3 is 7.12 Å². The Morgan fingerprint density at radius 2 is 1.74 bits per heavy atom. The first-order chi connectivity index (χ1) is 10.7. The highest BCUT2D eigenvalue weighted by atomic mass is 16.7. The van der Waals surface area contributed by atoms with Crippen LogP contribution in [0, 0.1) is 0 Å². The van der Waals surface area contributed by atoms with E-state index in [1.54, 1.807) is 0 Å². The van der Waals surface area contributed by atoms with Gasteiger partial charge < -0.3 is 14.2 Å². The molecule has 1 aliphatic rings. The highest BCUT2D eigenvalue weighted by Gasteiger charge is 2.51. The molecular weight excluding hydrogens is 289 g/mol. The van der Waals surface area contributed by atoms with Crippen molar-refractivity contribution >= 4 is 18.5 Å². The van der Waals surface area contributed by atoms with Crippen molar-refractivity contribution in [1.82, 2.24) is 4.90 Å². The Morgan fingerprint density at radius 1 is 1.13 bits per heavy atom. The zero-order valence-corrected chi connectivity index (χ0v) is 15.2. The Labute approximate surface area is 140 Å². The molecule has 0 aromatic heterocycles. The van der Waals surface area contributed by atoms with Crippen LogP contribution < -0.4 is 5.46 Å². The van der Waals surface area contributed by atoms with Gasteiger partial charge in [-0.25, -0.2) is 0 Å². The van der Waals surface area contributed by atoms with Crippen LogP contribution in [-0.2, 0) is 9.31 Å². The van der Waals surface area contributed by atoms with Crippen molar-refractivity contribution in [2.45, 2.75) is 59.2 Å². The maximum absolute atomic E-state index is 12.6. The van der Waals surface area contributed by atoms with Crippen molar-refractivity contribution in [3.63, 3.8) is 0 Å². The van der Waals surface area contributed by atoms with E-state index in [-0.39, 0.29) is 17.1 Å². The third-order valence-electron chi connectivity index (χ3n) is 4.82. The van der Waals surface area contributed by atoms with Crippen molar-refractivity contribution in [2.24, 2.45) is 0 Å². The molecule has 0 bridgehead atoms. The monoisotopic (exact) mass is 317 g/mol. The summed E-state index contributed by atoms with van der Waals surface area (Å²) < 4.78 is 12.1. The highest BCUT2D eigenvalue weighted by Crippen LogP contribution is 2.36. The second kappa shape index (κ2) is 6.66. The molecule has 0 atom stereocenters. The smallest absolute Gasteiger partial charge is 0.399 e. The van der Waals surface area contributed by atoms with Crippen LogP contribution >= 0.6 is 0 Å². The van der Waals surface area contributed by atoms with Crippen molar-refractivity contribution in [3.8, 4) is 0 Å². The van der Waals surface area contributed by atoms with Gasteiger partial charge in [0.1, 0.15) is 0 Å². The molecule has 0 saturated carbocycles. The molecule has 23 heavy (non-hydrogen) atoms. The SMILES string of the molecule is CCCN(CC)C(=O)c1cccc(B2OC(C)(C)C(C)(C)O2)c1. The quantitative estimate of drug-likeness (QED) is 0.784. The molecule has 126 valence electrons. The van der Waals surface area contributed by atoms with E-state index in [9.17, 15) is 4.79 Å². The fraction of sp³-hybridized carbons (Fsp3) is 0.611. The number of carbonyl (C=O) groups is 1. The molecule has 0 radical (unpaired) electrons. The van der Waals surface area contributed by atoms with E-state index in [1.807, 2.05) is 63.8 Å². The van der Waals surface area contributed by atoms with Crippen LogP contribution in [0.2, 0.25) is 0 Å². The summed E-state index contributed by atoms with van der Waals surface area (Å²) in [5.41, 5.74) is 0.819. The van der Waals surface area contributed by atoms with E-state index in [4.69, 9.17) is 9.31 Å². The Balaban J connectivity index is 2.23. The van der Waals surface area contributed by atoms with Gasteiger partial charge in [0.05, 0.1) is 11.2 Å². The van der Waals surface area contributed by atoms with Gasteiger partial charge in [-0.3, -0.25) is 4.79 Å². The van der Waals surface area contributed by atoms with Crippen LogP contribution in [0.25, 0.3) is 0 Å². The molecule has 1 saturated heterocycles. The summed E-state index contributed by atoms with van der Waals surface area (Å²) in [4.78, 5) is 14.5. The predicted molar refractivity (Wildman–Crippen MR) is 94.0 cm³/mol. The minimum absolute atomic E-state index is 0.0627. The molecule has 0 spiro atoms. The van der Waals surface area contributed by atoms with E-state index in [1.165, 1.54) is 0 Å². The molecule has 0 unspecified atom stereocenters. The fourth-order valence-electron chi connectivity index (χ4n) is 2.65. The lowest BCUT2D eigenvalue weighted by atomic mass is 9.78. The standard InChI is InChI=1S/C18H28BNO3/c1-7-12-20(8-2)16(21)14-10-9-11-15(13-14)19-22-17(3,4)18(5,6)23-19/h9-11,13H,7-8,12H2,1-6H3. The zero-order chi connectivity index (χ0) is 17.3. The molecule has 4 nitrogen and oxygen atoms in total. The molecule has 1 aromatic carbocycles. The largest absolute Gasteiger partial charge is 0.494 e. The van der Waals surface area contributed by atoms with E-state index in [2.05, 4.69) is 6.92 Å². The number of nitrogens with zero attached hydrogens (tertiary/aromatic N) is 1. The van der Waals surface area contributed by atoms with Crippen LogP contribution in [0.5, 0.6) is 0 Å². The summed E-state index contributed by atoms with van der Waals surface area (Å²) in [6.07, 6.45) is 0.955. The van der Waals surface area contributed by atoms with Gasteiger partial charge in [-0.1, -0.05) is 19.1 Å². The van der Waals surface area contributed by atoms with Gasteiger partial charge in [0.25, 0.3) is 5.91 Å². The van der Waals surface area contributed by atoms with Crippen LogP contribution in [0.1, 0.15) is 58.3 Å². The van der Waals surface area contributed by atoms with E-state index >= 15 is 0 Å². The second-order valence-electron chi connectivity index (χ2n) is 7.10. The van der Waals surface area contributed by atoms with Crippen molar-refractivity contribution in [1.29, 1.82) is 0 Å². The van der Waals surface area contributed by atoms with Gasteiger partial charge in [0, 0.05) is 18.7 Å². The minimum atomic E-state index is -0.436. The third-order valence-corrected chi connectivity index (χ3v) is 4.82. The average Bonchev–Trinajstić information content (AvgIpc) is 2.72. The van der Waals surface area contributed by atoms with Crippen LogP contribution in [-0.4, -0.2) is 42.2 Å². The molecule has 1 fully saturated rings. The Hall–Kier alpha value is -1.33. The maximum Gasteiger partial charge on any atom is 0.494 e. The first kappa shape index (κ1) is 18.0. The maximum atomic E-state index is 12.6.